The minimum Gasteiger partial charge on any atom is -0.445 e. The Hall–Kier alpha value is -3.02. The third-order valence-corrected chi connectivity index (χ3v) is 8.46. The first-order valence-corrected chi connectivity index (χ1v) is 13.5. The van der Waals surface area contributed by atoms with Crippen LogP contribution in [-0.4, -0.2) is 61.0 Å². The summed E-state index contributed by atoms with van der Waals surface area (Å²) in [6.45, 7) is 5.51. The number of amides is 1. The Kier molecular flexibility index (Phi) is 8.89. The van der Waals surface area contributed by atoms with Crippen LogP contribution in [-0.2, 0) is 9.48 Å². The quantitative estimate of drug-likeness (QED) is 0.237. The lowest BCUT2D eigenvalue weighted by atomic mass is 9.84. The van der Waals surface area contributed by atoms with Crippen molar-refractivity contribution in [2.75, 3.05) is 33.8 Å². The normalized spacial score (nSPS) is 17.8. The number of carbonyl (C=O) groups excluding carboxylic acids is 1. The number of carbonyl (C=O) groups is 1. The van der Waals surface area contributed by atoms with E-state index >= 15 is 0 Å². The lowest BCUT2D eigenvalue weighted by Crippen LogP contribution is -2.38. The number of thioether (sulfide) groups is 1. The molecule has 0 N–H and O–H groups in total. The van der Waals surface area contributed by atoms with Crippen molar-refractivity contribution in [2.24, 2.45) is 0 Å². The van der Waals surface area contributed by atoms with Crippen LogP contribution in [0.25, 0.3) is 0 Å². The van der Waals surface area contributed by atoms with Crippen LogP contribution < -0.4 is 0 Å². The maximum Gasteiger partial charge on any atom is 0.410 e. The third kappa shape index (κ3) is 5.85. The molecule has 3 aromatic carbocycles. The molecule has 5 heteroatoms. The highest BCUT2D eigenvalue weighted by molar-refractivity contribution is 8.01. The average Bonchev–Trinajstić information content (AvgIpc) is 3.33. The molecule has 0 bridgehead atoms. The average molecular weight is 501 g/mol. The maximum absolute atomic E-state index is 13.0. The first kappa shape index (κ1) is 26.1. The highest BCUT2D eigenvalue weighted by atomic mass is 32.2. The van der Waals surface area contributed by atoms with Crippen LogP contribution in [0, 0.1) is 0 Å². The number of hydrogen-bond donors (Lipinski definition) is 0. The smallest absolute Gasteiger partial charge is 0.410 e. The minimum absolute atomic E-state index is 0.141. The number of hydrogen-bond acceptors (Lipinski definition) is 4. The second-order valence-corrected chi connectivity index (χ2v) is 11.0. The predicted molar refractivity (Wildman–Crippen MR) is 150 cm³/mol. The maximum atomic E-state index is 13.0. The Balaban J connectivity index is 1.74. The molecule has 0 aromatic heterocycles. The van der Waals surface area contributed by atoms with Gasteiger partial charge in [0.25, 0.3) is 0 Å². The topological polar surface area (TPSA) is 32.8 Å². The molecule has 3 aromatic rings. The fourth-order valence-corrected chi connectivity index (χ4v) is 6.92. The number of ether oxygens (including phenoxy) is 1. The van der Waals surface area contributed by atoms with Crippen LogP contribution in [0.15, 0.2) is 104 Å². The lowest BCUT2D eigenvalue weighted by Gasteiger charge is -2.37. The van der Waals surface area contributed by atoms with Crippen molar-refractivity contribution in [1.29, 1.82) is 0 Å². The van der Waals surface area contributed by atoms with Gasteiger partial charge in [-0.15, -0.1) is 11.8 Å². The van der Waals surface area contributed by atoms with Gasteiger partial charge in [0.1, 0.15) is 6.61 Å². The molecular formula is C31H36N2O2S. The SMILES string of the molecule is C=CCOC(=O)N1C[C@@H](SC(c2ccccc2)(c2ccccc2)c2ccccc2)C[C@H]1CCN(C)C. The Morgan fingerprint density at radius 2 is 1.47 bits per heavy atom. The second-order valence-electron chi connectivity index (χ2n) is 9.52. The molecule has 0 radical (unpaired) electrons. The van der Waals surface area contributed by atoms with Gasteiger partial charge in [0.15, 0.2) is 0 Å². The molecule has 0 spiro atoms. The highest BCUT2D eigenvalue weighted by Gasteiger charge is 2.44. The van der Waals surface area contributed by atoms with Crippen molar-refractivity contribution in [2.45, 2.75) is 28.9 Å². The van der Waals surface area contributed by atoms with Crippen molar-refractivity contribution in [3.05, 3.63) is 120 Å². The van der Waals surface area contributed by atoms with Crippen molar-refractivity contribution in [1.82, 2.24) is 9.80 Å². The molecule has 1 amide bonds. The minimum atomic E-state index is -0.401. The van der Waals surface area contributed by atoms with Crippen LogP contribution in [0.2, 0.25) is 0 Å². The standard InChI is InChI=1S/C31H36N2O2S/c1-4-22-35-30(34)33-24-29(23-28(33)20-21-32(2)3)36-31(25-14-8-5-9-15-25,26-16-10-6-11-17-26)27-18-12-7-13-19-27/h4-19,28-29H,1,20-24H2,2-3H3/t28-,29+/m1/s1. The molecular weight excluding hydrogens is 464 g/mol. The monoisotopic (exact) mass is 500 g/mol. The molecule has 4 rings (SSSR count). The fraction of sp³-hybridized carbons (Fsp3) is 0.323. The molecule has 2 atom stereocenters. The zero-order chi connectivity index (χ0) is 25.4. The summed E-state index contributed by atoms with van der Waals surface area (Å²) in [5.74, 6) is 0. The Morgan fingerprint density at radius 3 is 1.92 bits per heavy atom. The van der Waals surface area contributed by atoms with Crippen LogP contribution in [0.5, 0.6) is 0 Å². The van der Waals surface area contributed by atoms with Crippen LogP contribution >= 0.6 is 11.8 Å². The molecule has 1 aliphatic heterocycles. The van der Waals surface area contributed by atoms with E-state index in [2.05, 4.69) is 117 Å². The molecule has 188 valence electrons. The van der Waals surface area contributed by atoms with Crippen molar-refractivity contribution in [3.8, 4) is 0 Å². The van der Waals surface area contributed by atoms with Crippen LogP contribution in [0.1, 0.15) is 29.5 Å². The summed E-state index contributed by atoms with van der Waals surface area (Å²) in [5.41, 5.74) is 3.72. The summed E-state index contributed by atoms with van der Waals surface area (Å²) >= 11 is 1.96. The van der Waals surface area contributed by atoms with Gasteiger partial charge >= 0.3 is 6.09 Å². The van der Waals surface area contributed by atoms with Gasteiger partial charge in [0.05, 0.1) is 4.75 Å². The van der Waals surface area contributed by atoms with E-state index < -0.39 is 4.75 Å². The van der Waals surface area contributed by atoms with Gasteiger partial charge in [-0.05, 0) is 50.2 Å². The molecule has 1 fully saturated rings. The largest absolute Gasteiger partial charge is 0.445 e. The number of rotatable bonds is 10. The van der Waals surface area contributed by atoms with E-state index in [1.165, 1.54) is 16.7 Å². The zero-order valence-electron chi connectivity index (χ0n) is 21.3. The molecule has 0 saturated carbocycles. The molecule has 0 aliphatic carbocycles. The van der Waals surface area contributed by atoms with Gasteiger partial charge in [-0.1, -0.05) is 104 Å². The van der Waals surface area contributed by atoms with E-state index in [4.69, 9.17) is 4.74 Å². The van der Waals surface area contributed by atoms with Crippen molar-refractivity contribution in [3.63, 3.8) is 0 Å². The van der Waals surface area contributed by atoms with Crippen LogP contribution in [0.4, 0.5) is 4.79 Å². The van der Waals surface area contributed by atoms with Gasteiger partial charge < -0.3 is 14.5 Å². The van der Waals surface area contributed by atoms with E-state index in [-0.39, 0.29) is 24.0 Å². The number of benzene rings is 3. The molecule has 1 heterocycles. The molecule has 36 heavy (non-hydrogen) atoms. The highest BCUT2D eigenvalue weighted by Crippen LogP contribution is 2.52. The van der Waals surface area contributed by atoms with E-state index in [0.29, 0.717) is 6.54 Å². The Labute approximate surface area is 220 Å². The third-order valence-electron chi connectivity index (χ3n) is 6.73. The number of nitrogens with zero attached hydrogens (tertiary/aromatic N) is 2. The van der Waals surface area contributed by atoms with Gasteiger partial charge in [0.2, 0.25) is 0 Å². The van der Waals surface area contributed by atoms with Gasteiger partial charge in [-0.25, -0.2) is 4.79 Å². The lowest BCUT2D eigenvalue weighted by molar-refractivity contribution is 0.105. The first-order chi connectivity index (χ1) is 17.5. The van der Waals surface area contributed by atoms with Gasteiger partial charge in [-0.2, -0.15) is 0 Å². The summed E-state index contributed by atoms with van der Waals surface area (Å²) in [5, 5.41) is 0.245. The van der Waals surface area contributed by atoms with E-state index in [1.54, 1.807) is 6.08 Å². The Morgan fingerprint density at radius 1 is 0.972 bits per heavy atom. The zero-order valence-corrected chi connectivity index (χ0v) is 22.1. The summed E-state index contributed by atoms with van der Waals surface area (Å²) in [6, 6.07) is 32.4. The molecule has 1 aliphatic rings. The molecule has 4 nitrogen and oxygen atoms in total. The molecule has 0 unspecified atom stereocenters. The molecule has 1 saturated heterocycles. The van der Waals surface area contributed by atoms with Gasteiger partial charge in [0, 0.05) is 17.8 Å². The second kappa shape index (κ2) is 12.3. The first-order valence-electron chi connectivity index (χ1n) is 12.6. The summed E-state index contributed by atoms with van der Waals surface area (Å²) in [6.07, 6.45) is 3.23. The number of likely N-dealkylation sites (tertiary alicyclic amines) is 1. The van der Waals surface area contributed by atoms with E-state index in [0.717, 1.165) is 19.4 Å². The van der Waals surface area contributed by atoms with Crippen molar-refractivity contribution >= 4 is 17.9 Å². The van der Waals surface area contributed by atoms with Crippen LogP contribution in [0.3, 0.4) is 0 Å². The Bertz CT molecular complexity index is 1010. The fourth-order valence-electron chi connectivity index (χ4n) is 5.05. The predicted octanol–water partition coefficient (Wildman–Crippen LogP) is 6.43. The van der Waals surface area contributed by atoms with E-state index in [9.17, 15) is 4.79 Å². The summed E-state index contributed by atoms with van der Waals surface area (Å²) < 4.78 is 5.09. The van der Waals surface area contributed by atoms with Crippen molar-refractivity contribution < 1.29 is 9.53 Å². The summed E-state index contributed by atoms with van der Waals surface area (Å²) in [4.78, 5) is 17.1. The summed E-state index contributed by atoms with van der Waals surface area (Å²) in [7, 11) is 4.15. The van der Waals surface area contributed by atoms with E-state index in [1.807, 2.05) is 16.7 Å². The van der Waals surface area contributed by atoms with Gasteiger partial charge in [-0.3, -0.25) is 0 Å².